The van der Waals surface area contributed by atoms with Crippen LogP contribution in [-0.2, 0) is 0 Å². The monoisotopic (exact) mass is 314 g/mol. The van der Waals surface area contributed by atoms with E-state index in [2.05, 4.69) is 0 Å². The maximum atomic E-state index is 13.0. The van der Waals surface area contributed by atoms with E-state index in [0.717, 1.165) is 0 Å². The molecule has 0 saturated carbocycles. The number of halogens is 12. The second kappa shape index (κ2) is 4.78. The first kappa shape index (κ1) is 17.9. The summed E-state index contributed by atoms with van der Waals surface area (Å²) in [6, 6.07) is 0. The van der Waals surface area contributed by atoms with E-state index in [1.54, 1.807) is 0 Å². The van der Waals surface area contributed by atoms with Crippen molar-refractivity contribution in [2.75, 3.05) is 6.67 Å². The Morgan fingerprint density at radius 2 is 1.00 bits per heavy atom. The van der Waals surface area contributed by atoms with E-state index in [4.69, 9.17) is 0 Å². The molecule has 0 atom stereocenters. The van der Waals surface area contributed by atoms with Crippen molar-refractivity contribution in [3.8, 4) is 0 Å². The Bertz CT molecular complexity index is 338. The second-order valence-electron chi connectivity index (χ2n) is 3.08. The average Bonchev–Trinajstić information content (AvgIpc) is 2.13. The molecule has 0 rings (SSSR count). The van der Waals surface area contributed by atoms with E-state index >= 15 is 0 Å². The third kappa shape index (κ3) is 3.08. The fraction of sp³-hybridized carbons (Fsp3) is 0.714. The molecule has 0 saturated heterocycles. The summed E-state index contributed by atoms with van der Waals surface area (Å²) in [6.45, 7) is -3.26. The molecule has 0 bridgehead atoms. The maximum Gasteiger partial charge on any atom is 0.443 e. The van der Waals surface area contributed by atoms with Crippen molar-refractivity contribution in [2.24, 2.45) is 0 Å². The SMILES string of the molecule is FC/C(=C(\F)C(F)(F)F)C(F)(C(F)(F)F)C(F)(F)F. The molecule has 0 aliphatic heterocycles. The van der Waals surface area contributed by atoms with Gasteiger partial charge in [-0.3, -0.25) is 0 Å². The first-order valence-corrected chi connectivity index (χ1v) is 3.95. The van der Waals surface area contributed by atoms with Crippen molar-refractivity contribution in [1.82, 2.24) is 0 Å². The number of hydrogen-bond acceptors (Lipinski definition) is 0. The number of alkyl halides is 11. The van der Waals surface area contributed by atoms with Crippen LogP contribution in [0.15, 0.2) is 11.4 Å². The van der Waals surface area contributed by atoms with Crippen LogP contribution in [0, 0.1) is 0 Å². The summed E-state index contributed by atoms with van der Waals surface area (Å²) in [6.07, 6.45) is -20.4. The smallest absolute Gasteiger partial charge is 0.246 e. The zero-order valence-electron chi connectivity index (χ0n) is 8.24. The molecule has 0 aromatic rings. The minimum absolute atomic E-state index is 3.26. The Morgan fingerprint density at radius 3 is 1.16 bits per heavy atom. The van der Waals surface area contributed by atoms with E-state index in [0.29, 0.717) is 0 Å². The van der Waals surface area contributed by atoms with E-state index < -0.39 is 42.3 Å². The predicted molar refractivity (Wildman–Crippen MR) is 36.1 cm³/mol. The van der Waals surface area contributed by atoms with Crippen molar-refractivity contribution in [3.05, 3.63) is 11.4 Å². The molecular formula is C7H2F12. The molecule has 0 fully saturated rings. The van der Waals surface area contributed by atoms with Gasteiger partial charge in [0, 0.05) is 0 Å². The molecule has 0 aromatic carbocycles. The van der Waals surface area contributed by atoms with Crippen LogP contribution >= 0.6 is 0 Å². The third-order valence-electron chi connectivity index (χ3n) is 1.84. The van der Waals surface area contributed by atoms with E-state index in [1.807, 2.05) is 0 Å². The van der Waals surface area contributed by atoms with Gasteiger partial charge in [-0.2, -0.15) is 39.5 Å². The standard InChI is InChI=1S/C7H2F12/c8-1-2(3(9)5(11,12)13)4(10,6(14,15)16)7(17,18)19/h1H2/b3-2+. The Balaban J connectivity index is 6.33. The van der Waals surface area contributed by atoms with Gasteiger partial charge in [0.1, 0.15) is 6.67 Å². The molecule has 12 heteroatoms. The van der Waals surface area contributed by atoms with Gasteiger partial charge in [-0.1, -0.05) is 0 Å². The van der Waals surface area contributed by atoms with Crippen molar-refractivity contribution in [1.29, 1.82) is 0 Å². The average molecular weight is 314 g/mol. The highest BCUT2D eigenvalue weighted by Gasteiger charge is 2.76. The first-order chi connectivity index (χ1) is 8.10. The molecule has 114 valence electrons. The van der Waals surface area contributed by atoms with Gasteiger partial charge >= 0.3 is 24.2 Å². The topological polar surface area (TPSA) is 0 Å². The summed E-state index contributed by atoms with van der Waals surface area (Å²) in [5.74, 6) is -4.12. The number of hydrogen-bond donors (Lipinski definition) is 0. The van der Waals surface area contributed by atoms with Crippen LogP contribution in [0.25, 0.3) is 0 Å². The van der Waals surface area contributed by atoms with E-state index in [9.17, 15) is 52.7 Å². The summed E-state index contributed by atoms with van der Waals surface area (Å²) in [5.41, 5.74) is -10.5. The lowest BCUT2D eigenvalue weighted by Crippen LogP contribution is -2.55. The van der Waals surface area contributed by atoms with Gasteiger partial charge in [0.05, 0.1) is 5.57 Å². The zero-order valence-corrected chi connectivity index (χ0v) is 8.24. The van der Waals surface area contributed by atoms with Crippen molar-refractivity contribution in [2.45, 2.75) is 24.2 Å². The molecular weight excluding hydrogens is 312 g/mol. The Labute approximate surface area is 96.2 Å². The maximum absolute atomic E-state index is 13.0. The highest BCUT2D eigenvalue weighted by molar-refractivity contribution is 5.29. The molecule has 0 aromatic heterocycles. The van der Waals surface area contributed by atoms with Gasteiger partial charge in [0.2, 0.25) is 5.83 Å². The molecule has 19 heavy (non-hydrogen) atoms. The minimum atomic E-state index is -7.02. The van der Waals surface area contributed by atoms with Crippen LogP contribution < -0.4 is 0 Å². The van der Waals surface area contributed by atoms with E-state index in [-0.39, 0.29) is 0 Å². The van der Waals surface area contributed by atoms with Gasteiger partial charge in [-0.15, -0.1) is 0 Å². The largest absolute Gasteiger partial charge is 0.443 e. The van der Waals surface area contributed by atoms with Crippen molar-refractivity contribution in [3.63, 3.8) is 0 Å². The second-order valence-corrected chi connectivity index (χ2v) is 3.08. The molecule has 0 spiro atoms. The minimum Gasteiger partial charge on any atom is -0.246 e. The molecule has 0 amide bonds. The fourth-order valence-corrected chi connectivity index (χ4v) is 0.976. The van der Waals surface area contributed by atoms with Gasteiger partial charge in [-0.25, -0.2) is 13.2 Å². The number of allylic oxidation sites excluding steroid dienone is 2. The molecule has 0 nitrogen and oxygen atoms in total. The predicted octanol–water partition coefficient (Wildman–Crippen LogP) is 4.57. The van der Waals surface area contributed by atoms with Crippen molar-refractivity contribution < 1.29 is 52.7 Å². The molecule has 0 unspecified atom stereocenters. The third-order valence-corrected chi connectivity index (χ3v) is 1.84. The zero-order chi connectivity index (χ0) is 15.9. The summed E-state index contributed by atoms with van der Waals surface area (Å²) in [7, 11) is 0. The lowest BCUT2D eigenvalue weighted by molar-refractivity contribution is -0.328. The summed E-state index contributed by atoms with van der Waals surface area (Å²) in [4.78, 5) is 0. The van der Waals surface area contributed by atoms with Crippen LogP contribution in [-0.4, -0.2) is 30.9 Å². The van der Waals surface area contributed by atoms with Crippen LogP contribution in [0.2, 0.25) is 0 Å². The Kier molecular flexibility index (Phi) is 4.50. The summed E-state index contributed by atoms with van der Waals surface area (Å²) >= 11 is 0. The van der Waals surface area contributed by atoms with E-state index in [1.165, 1.54) is 0 Å². The van der Waals surface area contributed by atoms with Gasteiger partial charge in [0.15, 0.2) is 0 Å². The molecule has 0 heterocycles. The highest BCUT2D eigenvalue weighted by Crippen LogP contribution is 2.52. The summed E-state index contributed by atoms with van der Waals surface area (Å²) < 4.78 is 144. The molecule has 0 aliphatic rings. The molecule has 0 aliphatic carbocycles. The Hall–Kier alpha value is -1.10. The fourth-order valence-electron chi connectivity index (χ4n) is 0.976. The van der Waals surface area contributed by atoms with Crippen LogP contribution in [0.5, 0.6) is 0 Å². The van der Waals surface area contributed by atoms with Crippen LogP contribution in [0.4, 0.5) is 52.7 Å². The summed E-state index contributed by atoms with van der Waals surface area (Å²) in [5, 5.41) is 0. The van der Waals surface area contributed by atoms with Gasteiger partial charge in [-0.05, 0) is 0 Å². The number of rotatable bonds is 2. The lowest BCUT2D eigenvalue weighted by atomic mass is 9.93. The first-order valence-electron chi connectivity index (χ1n) is 3.95. The quantitative estimate of drug-likeness (QED) is 0.655. The Morgan fingerprint density at radius 1 is 0.684 bits per heavy atom. The molecule has 0 N–H and O–H groups in total. The lowest BCUT2D eigenvalue weighted by Gasteiger charge is -2.31. The molecule has 0 radical (unpaired) electrons. The van der Waals surface area contributed by atoms with Crippen molar-refractivity contribution >= 4 is 0 Å². The normalized spacial score (nSPS) is 16.4. The highest BCUT2D eigenvalue weighted by atomic mass is 19.4. The van der Waals surface area contributed by atoms with Crippen LogP contribution in [0.1, 0.15) is 0 Å². The van der Waals surface area contributed by atoms with Crippen LogP contribution in [0.3, 0.4) is 0 Å². The van der Waals surface area contributed by atoms with Gasteiger partial charge < -0.3 is 0 Å². The van der Waals surface area contributed by atoms with Gasteiger partial charge in [0.25, 0.3) is 0 Å².